The van der Waals surface area contributed by atoms with Crippen LogP contribution in [-0.4, -0.2) is 15.8 Å². The summed E-state index contributed by atoms with van der Waals surface area (Å²) >= 11 is 0. The molecular formula is C15H22N4. The van der Waals surface area contributed by atoms with Crippen LogP contribution in [0.5, 0.6) is 0 Å². The van der Waals surface area contributed by atoms with Crippen molar-refractivity contribution in [3.05, 3.63) is 53.3 Å². The molecule has 4 nitrogen and oxygen atoms in total. The van der Waals surface area contributed by atoms with E-state index >= 15 is 0 Å². The van der Waals surface area contributed by atoms with Gasteiger partial charge in [-0.25, -0.2) is 0 Å². The molecule has 0 aliphatic rings. The van der Waals surface area contributed by atoms with Gasteiger partial charge >= 0.3 is 0 Å². The quantitative estimate of drug-likeness (QED) is 0.613. The SMILES string of the molecule is Cc1cc(CC(CCc2ccccc2)NN)n(C)n1. The van der Waals surface area contributed by atoms with E-state index in [0.29, 0.717) is 0 Å². The molecule has 1 aromatic heterocycles. The van der Waals surface area contributed by atoms with Crippen LogP contribution < -0.4 is 11.3 Å². The van der Waals surface area contributed by atoms with Crippen molar-refractivity contribution >= 4 is 0 Å². The largest absolute Gasteiger partial charge is 0.272 e. The number of aromatic nitrogens is 2. The summed E-state index contributed by atoms with van der Waals surface area (Å²) in [6, 6.07) is 12.9. The molecule has 1 heterocycles. The van der Waals surface area contributed by atoms with E-state index in [2.05, 4.69) is 40.9 Å². The van der Waals surface area contributed by atoms with Crippen molar-refractivity contribution in [2.75, 3.05) is 0 Å². The molecule has 19 heavy (non-hydrogen) atoms. The summed E-state index contributed by atoms with van der Waals surface area (Å²) in [6.07, 6.45) is 2.96. The van der Waals surface area contributed by atoms with Gasteiger partial charge in [0, 0.05) is 25.2 Å². The standard InChI is InChI=1S/C15H22N4/c1-12-10-15(19(2)18-12)11-14(17-16)9-8-13-6-4-3-5-7-13/h3-7,10,14,17H,8-9,11,16H2,1-2H3. The fourth-order valence-corrected chi connectivity index (χ4v) is 2.34. The monoisotopic (exact) mass is 258 g/mol. The van der Waals surface area contributed by atoms with Gasteiger partial charge in [-0.3, -0.25) is 16.0 Å². The Morgan fingerprint density at radius 1 is 1.32 bits per heavy atom. The first-order chi connectivity index (χ1) is 9.19. The zero-order valence-corrected chi connectivity index (χ0v) is 11.6. The Hall–Kier alpha value is -1.65. The topological polar surface area (TPSA) is 55.9 Å². The summed E-state index contributed by atoms with van der Waals surface area (Å²) in [7, 11) is 1.98. The van der Waals surface area contributed by atoms with E-state index in [4.69, 9.17) is 5.84 Å². The maximum atomic E-state index is 5.66. The predicted octanol–water partition coefficient (Wildman–Crippen LogP) is 1.74. The Balaban J connectivity index is 1.92. The summed E-state index contributed by atoms with van der Waals surface area (Å²) in [5.41, 5.74) is 6.54. The number of aryl methyl sites for hydroxylation is 3. The van der Waals surface area contributed by atoms with Gasteiger partial charge in [0.15, 0.2) is 0 Å². The normalized spacial score (nSPS) is 12.6. The van der Waals surface area contributed by atoms with Gasteiger partial charge in [-0.2, -0.15) is 5.10 Å². The van der Waals surface area contributed by atoms with E-state index in [0.717, 1.165) is 25.0 Å². The highest BCUT2D eigenvalue weighted by Gasteiger charge is 2.11. The number of nitrogens with one attached hydrogen (secondary N) is 1. The molecule has 3 N–H and O–H groups in total. The van der Waals surface area contributed by atoms with E-state index in [-0.39, 0.29) is 6.04 Å². The molecule has 1 unspecified atom stereocenters. The van der Waals surface area contributed by atoms with Crippen molar-refractivity contribution in [1.82, 2.24) is 15.2 Å². The Bertz CT molecular complexity index is 504. The molecule has 0 spiro atoms. The van der Waals surface area contributed by atoms with Crippen molar-refractivity contribution in [2.45, 2.75) is 32.2 Å². The molecule has 0 bridgehead atoms. The van der Waals surface area contributed by atoms with Crippen LogP contribution in [-0.2, 0) is 19.9 Å². The fourth-order valence-electron chi connectivity index (χ4n) is 2.34. The van der Waals surface area contributed by atoms with Crippen LogP contribution >= 0.6 is 0 Å². The second-order valence-electron chi connectivity index (χ2n) is 4.99. The van der Waals surface area contributed by atoms with Crippen molar-refractivity contribution in [2.24, 2.45) is 12.9 Å². The minimum atomic E-state index is 0.273. The smallest absolute Gasteiger partial charge is 0.0596 e. The summed E-state index contributed by atoms with van der Waals surface area (Å²) in [5, 5.41) is 4.36. The first kappa shape index (κ1) is 13.8. The van der Waals surface area contributed by atoms with Crippen LogP contribution in [0.1, 0.15) is 23.4 Å². The highest BCUT2D eigenvalue weighted by molar-refractivity contribution is 5.15. The van der Waals surface area contributed by atoms with Crippen molar-refractivity contribution < 1.29 is 0 Å². The second kappa shape index (κ2) is 6.50. The average Bonchev–Trinajstić information content (AvgIpc) is 2.74. The van der Waals surface area contributed by atoms with E-state index in [1.54, 1.807) is 0 Å². The van der Waals surface area contributed by atoms with Gasteiger partial charge in [0.1, 0.15) is 0 Å². The molecule has 1 atom stereocenters. The molecule has 0 saturated heterocycles. The van der Waals surface area contributed by atoms with E-state index in [9.17, 15) is 0 Å². The van der Waals surface area contributed by atoms with Gasteiger partial charge in [0.25, 0.3) is 0 Å². The maximum Gasteiger partial charge on any atom is 0.0596 e. The lowest BCUT2D eigenvalue weighted by molar-refractivity contribution is 0.477. The number of nitrogens with zero attached hydrogens (tertiary/aromatic N) is 2. The van der Waals surface area contributed by atoms with Crippen LogP contribution in [0.2, 0.25) is 0 Å². The van der Waals surface area contributed by atoms with Crippen molar-refractivity contribution in [3.8, 4) is 0 Å². The lowest BCUT2D eigenvalue weighted by atomic mass is 10.0. The lowest BCUT2D eigenvalue weighted by Crippen LogP contribution is -2.37. The summed E-state index contributed by atoms with van der Waals surface area (Å²) in [5.74, 6) is 5.66. The van der Waals surface area contributed by atoms with Crippen molar-refractivity contribution in [1.29, 1.82) is 0 Å². The molecular weight excluding hydrogens is 236 g/mol. The average molecular weight is 258 g/mol. The Labute approximate surface area is 114 Å². The third kappa shape index (κ3) is 3.91. The molecule has 0 amide bonds. The molecule has 0 aliphatic carbocycles. The Morgan fingerprint density at radius 2 is 2.05 bits per heavy atom. The van der Waals surface area contributed by atoms with Crippen LogP contribution in [0.25, 0.3) is 0 Å². The molecule has 0 fully saturated rings. The molecule has 0 saturated carbocycles. The van der Waals surface area contributed by atoms with Gasteiger partial charge in [0.2, 0.25) is 0 Å². The minimum Gasteiger partial charge on any atom is -0.272 e. The summed E-state index contributed by atoms with van der Waals surface area (Å²) in [4.78, 5) is 0. The Morgan fingerprint density at radius 3 is 2.63 bits per heavy atom. The number of rotatable bonds is 6. The van der Waals surface area contributed by atoms with Crippen molar-refractivity contribution in [3.63, 3.8) is 0 Å². The van der Waals surface area contributed by atoms with Crippen LogP contribution in [0, 0.1) is 6.92 Å². The van der Waals surface area contributed by atoms with Crippen LogP contribution in [0.15, 0.2) is 36.4 Å². The van der Waals surface area contributed by atoms with Gasteiger partial charge in [-0.1, -0.05) is 30.3 Å². The highest BCUT2D eigenvalue weighted by Crippen LogP contribution is 2.10. The summed E-state index contributed by atoms with van der Waals surface area (Å²) < 4.78 is 1.93. The van der Waals surface area contributed by atoms with E-state index in [1.807, 2.05) is 24.7 Å². The number of benzene rings is 1. The first-order valence-corrected chi connectivity index (χ1v) is 6.68. The van der Waals surface area contributed by atoms with E-state index in [1.165, 1.54) is 11.3 Å². The predicted molar refractivity (Wildman–Crippen MR) is 77.5 cm³/mol. The van der Waals surface area contributed by atoms with Gasteiger partial charge < -0.3 is 0 Å². The maximum absolute atomic E-state index is 5.66. The Kier molecular flexibility index (Phi) is 4.71. The summed E-state index contributed by atoms with van der Waals surface area (Å²) in [6.45, 7) is 2.01. The highest BCUT2D eigenvalue weighted by atomic mass is 15.3. The molecule has 1 aromatic carbocycles. The second-order valence-corrected chi connectivity index (χ2v) is 4.99. The number of nitrogens with two attached hydrogens (primary N) is 1. The number of hydrazine groups is 1. The molecule has 2 rings (SSSR count). The minimum absolute atomic E-state index is 0.273. The third-order valence-corrected chi connectivity index (χ3v) is 3.41. The number of hydrogen-bond donors (Lipinski definition) is 2. The molecule has 0 aliphatic heterocycles. The number of hydrogen-bond acceptors (Lipinski definition) is 3. The zero-order valence-electron chi connectivity index (χ0n) is 11.6. The molecule has 102 valence electrons. The molecule has 2 aromatic rings. The van der Waals surface area contributed by atoms with Gasteiger partial charge in [-0.05, 0) is 31.4 Å². The zero-order chi connectivity index (χ0) is 13.7. The fraction of sp³-hybridized carbons (Fsp3) is 0.400. The first-order valence-electron chi connectivity index (χ1n) is 6.68. The van der Waals surface area contributed by atoms with Crippen LogP contribution in [0.4, 0.5) is 0 Å². The molecule has 4 heteroatoms. The van der Waals surface area contributed by atoms with E-state index < -0.39 is 0 Å². The van der Waals surface area contributed by atoms with Crippen LogP contribution in [0.3, 0.4) is 0 Å². The van der Waals surface area contributed by atoms with Gasteiger partial charge in [-0.15, -0.1) is 0 Å². The lowest BCUT2D eigenvalue weighted by Gasteiger charge is -2.15. The van der Waals surface area contributed by atoms with Gasteiger partial charge in [0.05, 0.1) is 5.69 Å². The molecule has 0 radical (unpaired) electrons. The third-order valence-electron chi connectivity index (χ3n) is 3.41.